The summed E-state index contributed by atoms with van der Waals surface area (Å²) in [6.45, 7) is 4.39. The number of rotatable bonds is 9. The number of hydrogen-bond acceptors (Lipinski definition) is 5. The molecule has 3 rings (SSSR count). The molecule has 31 heavy (non-hydrogen) atoms. The van der Waals surface area contributed by atoms with E-state index in [-0.39, 0.29) is 17.7 Å². The van der Waals surface area contributed by atoms with Crippen LogP contribution in [0, 0.1) is 0 Å². The van der Waals surface area contributed by atoms with Gasteiger partial charge in [-0.3, -0.25) is 9.52 Å². The van der Waals surface area contributed by atoms with E-state index in [4.69, 9.17) is 4.74 Å². The fourth-order valence-corrected chi connectivity index (χ4v) is 4.29. The van der Waals surface area contributed by atoms with E-state index >= 15 is 0 Å². The Bertz CT molecular complexity index is 953. The molecule has 168 valence electrons. The van der Waals surface area contributed by atoms with Crippen LogP contribution in [0.3, 0.4) is 0 Å². The SMILES string of the molecule is CCS(=O)(=O)Nc1ccc(C(=O)NC(CN2CCCCC2)c2ccc(OC)cc2)cc1. The molecular weight excluding hydrogens is 414 g/mol. The summed E-state index contributed by atoms with van der Waals surface area (Å²) in [6, 6.07) is 14.1. The first-order valence-electron chi connectivity index (χ1n) is 10.7. The summed E-state index contributed by atoms with van der Waals surface area (Å²) in [5, 5.41) is 3.15. The molecule has 1 aliphatic heterocycles. The normalized spacial score (nSPS) is 15.8. The predicted octanol–water partition coefficient (Wildman–Crippen LogP) is 3.41. The fraction of sp³-hybridized carbons (Fsp3) is 0.435. The van der Waals surface area contributed by atoms with Gasteiger partial charge in [-0.1, -0.05) is 18.6 Å². The highest BCUT2D eigenvalue weighted by molar-refractivity contribution is 7.92. The number of carbonyl (C=O) groups excluding carboxylic acids is 1. The number of amides is 1. The minimum atomic E-state index is -3.35. The highest BCUT2D eigenvalue weighted by Crippen LogP contribution is 2.21. The molecular formula is C23H31N3O4S. The standard InChI is InChI=1S/C23H31N3O4S/c1-3-31(28,29)25-20-11-7-19(8-12-20)23(27)24-22(17-26-15-5-4-6-16-26)18-9-13-21(30-2)14-10-18/h7-14,22,25H,3-6,15-17H2,1-2H3,(H,24,27). The average Bonchev–Trinajstić information content (AvgIpc) is 2.79. The molecule has 1 unspecified atom stereocenters. The highest BCUT2D eigenvalue weighted by atomic mass is 32.2. The molecule has 0 saturated carbocycles. The van der Waals surface area contributed by atoms with Gasteiger partial charge in [0.1, 0.15) is 5.75 Å². The van der Waals surface area contributed by atoms with Crippen molar-refractivity contribution in [3.63, 3.8) is 0 Å². The van der Waals surface area contributed by atoms with Crippen LogP contribution in [0.5, 0.6) is 5.75 Å². The third kappa shape index (κ3) is 6.70. The van der Waals surface area contributed by atoms with E-state index < -0.39 is 10.0 Å². The van der Waals surface area contributed by atoms with Gasteiger partial charge in [-0.15, -0.1) is 0 Å². The van der Waals surface area contributed by atoms with Crippen LogP contribution in [0.25, 0.3) is 0 Å². The van der Waals surface area contributed by atoms with Gasteiger partial charge in [0.05, 0.1) is 18.9 Å². The quantitative estimate of drug-likeness (QED) is 0.618. The smallest absolute Gasteiger partial charge is 0.251 e. The minimum absolute atomic E-state index is 0.00468. The van der Waals surface area contributed by atoms with Gasteiger partial charge in [0.2, 0.25) is 10.0 Å². The molecule has 8 heteroatoms. The zero-order valence-electron chi connectivity index (χ0n) is 18.1. The van der Waals surface area contributed by atoms with Crippen molar-refractivity contribution in [2.75, 3.05) is 37.2 Å². The minimum Gasteiger partial charge on any atom is -0.497 e. The Morgan fingerprint density at radius 2 is 1.68 bits per heavy atom. The lowest BCUT2D eigenvalue weighted by atomic mass is 10.0. The largest absolute Gasteiger partial charge is 0.497 e. The van der Waals surface area contributed by atoms with Crippen molar-refractivity contribution in [1.29, 1.82) is 0 Å². The molecule has 1 aliphatic rings. The predicted molar refractivity (Wildman–Crippen MR) is 123 cm³/mol. The van der Waals surface area contributed by atoms with Gasteiger partial charge in [0.15, 0.2) is 0 Å². The second-order valence-electron chi connectivity index (χ2n) is 7.74. The Morgan fingerprint density at radius 1 is 1.03 bits per heavy atom. The molecule has 0 spiro atoms. The van der Waals surface area contributed by atoms with Crippen molar-refractivity contribution in [3.8, 4) is 5.75 Å². The third-order valence-corrected chi connectivity index (χ3v) is 6.82. The van der Waals surface area contributed by atoms with E-state index in [9.17, 15) is 13.2 Å². The van der Waals surface area contributed by atoms with Crippen LogP contribution < -0.4 is 14.8 Å². The van der Waals surface area contributed by atoms with Gasteiger partial charge in [0.25, 0.3) is 5.91 Å². The number of likely N-dealkylation sites (tertiary alicyclic amines) is 1. The van der Waals surface area contributed by atoms with E-state index in [1.54, 1.807) is 38.3 Å². The first kappa shape index (κ1) is 23.1. The fourth-order valence-electron chi connectivity index (χ4n) is 3.65. The number of methoxy groups -OCH3 is 1. The van der Waals surface area contributed by atoms with E-state index in [1.165, 1.54) is 19.3 Å². The van der Waals surface area contributed by atoms with Crippen LogP contribution in [0.4, 0.5) is 5.69 Å². The van der Waals surface area contributed by atoms with Crippen molar-refractivity contribution >= 4 is 21.6 Å². The van der Waals surface area contributed by atoms with Gasteiger partial charge < -0.3 is 15.0 Å². The lowest BCUT2D eigenvalue weighted by Crippen LogP contribution is -2.40. The summed E-state index contributed by atoms with van der Waals surface area (Å²) in [7, 11) is -1.72. The summed E-state index contributed by atoms with van der Waals surface area (Å²) in [4.78, 5) is 15.3. The lowest BCUT2D eigenvalue weighted by molar-refractivity contribution is 0.0920. The Balaban J connectivity index is 1.73. The van der Waals surface area contributed by atoms with Gasteiger partial charge in [0, 0.05) is 17.8 Å². The maximum atomic E-state index is 13.0. The summed E-state index contributed by atoms with van der Waals surface area (Å²) >= 11 is 0. The van der Waals surface area contributed by atoms with Crippen molar-refractivity contribution in [3.05, 3.63) is 59.7 Å². The third-order valence-electron chi connectivity index (χ3n) is 5.51. The molecule has 2 aromatic rings. The topological polar surface area (TPSA) is 87.7 Å². The number of hydrogen-bond donors (Lipinski definition) is 2. The highest BCUT2D eigenvalue weighted by Gasteiger charge is 2.21. The number of benzene rings is 2. The molecule has 0 radical (unpaired) electrons. The Kier molecular flexibility index (Phi) is 7.92. The number of carbonyl (C=O) groups is 1. The van der Waals surface area contributed by atoms with E-state index in [1.807, 2.05) is 24.3 Å². The van der Waals surface area contributed by atoms with E-state index in [0.717, 1.165) is 30.9 Å². The zero-order chi connectivity index (χ0) is 22.3. The number of ether oxygens (including phenoxy) is 1. The molecule has 7 nitrogen and oxygen atoms in total. The Labute approximate surface area is 184 Å². The van der Waals surface area contributed by atoms with Crippen LogP contribution >= 0.6 is 0 Å². The molecule has 1 heterocycles. The first-order chi connectivity index (χ1) is 14.9. The van der Waals surface area contributed by atoms with Crippen molar-refractivity contribution in [2.45, 2.75) is 32.2 Å². The van der Waals surface area contributed by atoms with Crippen molar-refractivity contribution in [2.24, 2.45) is 0 Å². The summed E-state index contributed by atoms with van der Waals surface area (Å²) < 4.78 is 31.2. The molecule has 1 atom stereocenters. The average molecular weight is 446 g/mol. The number of nitrogens with zero attached hydrogens (tertiary/aromatic N) is 1. The molecule has 1 amide bonds. The maximum absolute atomic E-state index is 13.0. The van der Waals surface area contributed by atoms with Crippen LogP contribution in [0.2, 0.25) is 0 Å². The van der Waals surface area contributed by atoms with Crippen LogP contribution in [-0.2, 0) is 10.0 Å². The van der Waals surface area contributed by atoms with Crippen molar-refractivity contribution in [1.82, 2.24) is 10.2 Å². The van der Waals surface area contributed by atoms with Crippen LogP contribution in [-0.4, -0.2) is 51.7 Å². The molecule has 1 saturated heterocycles. The van der Waals surface area contributed by atoms with Gasteiger partial charge in [-0.05, 0) is 74.8 Å². The molecule has 0 aromatic heterocycles. The summed E-state index contributed by atoms with van der Waals surface area (Å²) in [5.41, 5.74) is 1.95. The molecule has 2 N–H and O–H groups in total. The lowest BCUT2D eigenvalue weighted by Gasteiger charge is -2.31. The van der Waals surface area contributed by atoms with Gasteiger partial charge in [-0.25, -0.2) is 8.42 Å². The second-order valence-corrected chi connectivity index (χ2v) is 9.75. The summed E-state index contributed by atoms with van der Waals surface area (Å²) in [6.07, 6.45) is 3.61. The second kappa shape index (κ2) is 10.6. The molecule has 2 aromatic carbocycles. The van der Waals surface area contributed by atoms with E-state index in [2.05, 4.69) is 14.9 Å². The van der Waals surface area contributed by atoms with Gasteiger partial charge in [-0.2, -0.15) is 0 Å². The van der Waals surface area contributed by atoms with Crippen LogP contribution in [0.15, 0.2) is 48.5 Å². The first-order valence-corrected chi connectivity index (χ1v) is 12.3. The van der Waals surface area contributed by atoms with Gasteiger partial charge >= 0.3 is 0 Å². The Morgan fingerprint density at radius 3 is 2.26 bits per heavy atom. The monoisotopic (exact) mass is 445 g/mol. The number of anilines is 1. The molecule has 0 aliphatic carbocycles. The Hall–Kier alpha value is -2.58. The zero-order valence-corrected chi connectivity index (χ0v) is 19.0. The number of piperidine rings is 1. The maximum Gasteiger partial charge on any atom is 0.251 e. The number of nitrogens with one attached hydrogen (secondary N) is 2. The molecule has 1 fully saturated rings. The van der Waals surface area contributed by atoms with E-state index in [0.29, 0.717) is 11.3 Å². The summed E-state index contributed by atoms with van der Waals surface area (Å²) in [5.74, 6) is 0.578. The number of sulfonamides is 1. The molecule has 0 bridgehead atoms. The van der Waals surface area contributed by atoms with Crippen molar-refractivity contribution < 1.29 is 17.9 Å². The van der Waals surface area contributed by atoms with Crippen LogP contribution in [0.1, 0.15) is 48.1 Å².